The highest BCUT2D eigenvalue weighted by molar-refractivity contribution is 6.32. The maximum atomic E-state index is 13.3. The lowest BCUT2D eigenvalue weighted by molar-refractivity contribution is -0.473. The summed E-state index contributed by atoms with van der Waals surface area (Å²) < 4.78 is 7.24. The molecule has 1 unspecified atom stereocenters. The van der Waals surface area contributed by atoms with E-state index in [9.17, 15) is 19.2 Å². The highest BCUT2D eigenvalue weighted by atomic mass is 35.5. The smallest absolute Gasteiger partial charge is 0.365 e. The number of ether oxygens (including phenoxy) is 1. The number of hydrogen-bond donors (Lipinski definition) is 2. The largest absolute Gasteiger partial charge is 0.501 e. The van der Waals surface area contributed by atoms with Crippen LogP contribution in [0.5, 0.6) is 0 Å². The molecular weight excluding hydrogens is 536 g/mol. The van der Waals surface area contributed by atoms with Crippen LogP contribution in [0.4, 0.5) is 15.3 Å². The molecule has 12 heteroatoms. The van der Waals surface area contributed by atoms with Gasteiger partial charge in [-0.1, -0.05) is 11.6 Å². The van der Waals surface area contributed by atoms with E-state index in [0.717, 1.165) is 12.8 Å². The van der Waals surface area contributed by atoms with Crippen molar-refractivity contribution >= 4 is 46.9 Å². The number of allylic oxidation sites excluding steroid dienone is 2. The first kappa shape index (κ1) is 27.6. The van der Waals surface area contributed by atoms with Crippen molar-refractivity contribution in [1.82, 2.24) is 15.1 Å². The summed E-state index contributed by atoms with van der Waals surface area (Å²) >= 11 is 6.05. The number of hydrogen-bond acceptors (Lipinski definition) is 6. The van der Waals surface area contributed by atoms with Gasteiger partial charge in [0, 0.05) is 17.9 Å². The Morgan fingerprint density at radius 2 is 2.00 bits per heavy atom. The predicted molar refractivity (Wildman–Crippen MR) is 146 cm³/mol. The topological polar surface area (TPSA) is 135 Å². The van der Waals surface area contributed by atoms with Gasteiger partial charge in [0.1, 0.15) is 24.2 Å². The number of fused-ring (bicyclic) bond motifs is 1. The number of benzene rings is 1. The second kappa shape index (κ2) is 11.2. The average Bonchev–Trinajstić information content (AvgIpc) is 3.76. The molecule has 2 atom stereocenters. The minimum Gasteiger partial charge on any atom is -0.365 e. The Morgan fingerprint density at radius 1 is 1.23 bits per heavy atom. The van der Waals surface area contributed by atoms with E-state index in [-0.39, 0.29) is 42.7 Å². The molecule has 208 valence electrons. The predicted octanol–water partition coefficient (Wildman–Crippen LogP) is 2.86. The van der Waals surface area contributed by atoms with Gasteiger partial charge in [0.15, 0.2) is 6.10 Å². The second-order valence-corrected chi connectivity index (χ2v) is 10.9. The fourth-order valence-electron chi connectivity index (χ4n) is 4.96. The number of rotatable bonds is 6. The molecule has 5 rings (SSSR count). The minimum absolute atomic E-state index is 0.0171. The Labute approximate surface area is 236 Å². The summed E-state index contributed by atoms with van der Waals surface area (Å²) in [6, 6.07) is 5.64. The number of nitrogens with one attached hydrogen (secondary N) is 2. The lowest BCUT2D eigenvalue weighted by Crippen LogP contribution is -2.57. The Morgan fingerprint density at radius 3 is 2.67 bits per heavy atom. The number of nitrogens with zero attached hydrogens (tertiary/aromatic N) is 4. The first-order valence-corrected chi connectivity index (χ1v) is 13.6. The van der Waals surface area contributed by atoms with Gasteiger partial charge in [-0.15, -0.1) is 0 Å². The van der Waals surface area contributed by atoms with E-state index in [4.69, 9.17) is 21.6 Å². The molecule has 0 bridgehead atoms. The van der Waals surface area contributed by atoms with Gasteiger partial charge in [-0.3, -0.25) is 4.79 Å². The number of carbonyl (C=O) groups excluding carboxylic acids is 4. The molecule has 2 aliphatic heterocycles. The number of imide groups is 1. The third-order valence-electron chi connectivity index (χ3n) is 7.25. The molecule has 1 saturated heterocycles. The van der Waals surface area contributed by atoms with Crippen LogP contribution in [-0.4, -0.2) is 82.4 Å². The molecule has 2 fully saturated rings. The maximum Gasteiger partial charge on any atom is 0.501 e. The molecule has 11 nitrogen and oxygen atoms in total. The van der Waals surface area contributed by atoms with Gasteiger partial charge in [-0.25, -0.2) is 9.59 Å². The van der Waals surface area contributed by atoms with Gasteiger partial charge < -0.3 is 20.3 Å². The monoisotopic (exact) mass is 565 g/mol. The van der Waals surface area contributed by atoms with Gasteiger partial charge in [0.2, 0.25) is 0 Å². The summed E-state index contributed by atoms with van der Waals surface area (Å²) in [7, 11) is 0. The van der Waals surface area contributed by atoms with E-state index < -0.39 is 24.0 Å². The summed E-state index contributed by atoms with van der Waals surface area (Å²) in [4.78, 5) is 55.2. The van der Waals surface area contributed by atoms with Crippen LogP contribution >= 0.6 is 11.6 Å². The number of nitriles is 1. The molecule has 40 heavy (non-hydrogen) atoms. The Bertz CT molecular complexity index is 1410. The molecule has 0 radical (unpaired) electrons. The van der Waals surface area contributed by atoms with Crippen molar-refractivity contribution in [3.8, 4) is 6.07 Å². The molecule has 0 aromatic heterocycles. The second-order valence-electron chi connectivity index (χ2n) is 10.5. The standard InChI is InChI=1S/C28H29ClN6O5/c1-16(2)35-23-8-7-19(11-21(23)26(37)34(28(35)39)14-17-3-4-17)32-27(38)33-9-10-40-24(15-33)25(36)31-20-6-5-18(13-30)22(29)12-20/h5-8,11-12,16-17,21,24H,3-4,9-10,14-15H2,1-2H3,(H-,31,32,36,38)/p+1/t21?,24-/m1/s1. The number of morpholine rings is 1. The fraction of sp³-hybridized carbons (Fsp3) is 0.429. The van der Waals surface area contributed by atoms with Crippen LogP contribution in [0.25, 0.3) is 0 Å². The zero-order valence-electron chi connectivity index (χ0n) is 22.2. The highest BCUT2D eigenvalue weighted by Crippen LogP contribution is 2.32. The molecule has 2 aliphatic carbocycles. The number of amides is 6. The van der Waals surface area contributed by atoms with Crippen molar-refractivity contribution in [2.24, 2.45) is 11.8 Å². The Hall–Kier alpha value is -4.01. The van der Waals surface area contributed by atoms with Crippen molar-refractivity contribution in [3.63, 3.8) is 0 Å². The van der Waals surface area contributed by atoms with Crippen LogP contribution in [0, 0.1) is 23.2 Å². The minimum atomic E-state index is -0.911. The van der Waals surface area contributed by atoms with Gasteiger partial charge in [-0.05, 0) is 69.0 Å². The zero-order valence-corrected chi connectivity index (χ0v) is 23.0. The third-order valence-corrected chi connectivity index (χ3v) is 7.57. The van der Waals surface area contributed by atoms with Gasteiger partial charge >= 0.3 is 18.0 Å². The van der Waals surface area contributed by atoms with Crippen LogP contribution in [0.2, 0.25) is 5.02 Å². The fourth-order valence-corrected chi connectivity index (χ4v) is 5.18. The molecular formula is C28H30ClN6O5+. The van der Waals surface area contributed by atoms with Crippen molar-refractivity contribution in [1.29, 1.82) is 5.26 Å². The number of carbonyl (C=O) groups is 4. The summed E-state index contributed by atoms with van der Waals surface area (Å²) in [6.45, 7) is 4.68. The molecule has 4 aliphatic rings. The van der Waals surface area contributed by atoms with Crippen molar-refractivity contribution in [3.05, 3.63) is 52.7 Å². The first-order valence-electron chi connectivity index (χ1n) is 13.3. The van der Waals surface area contributed by atoms with Gasteiger partial charge in [0.25, 0.3) is 5.91 Å². The molecule has 2 N–H and O–H groups in total. The molecule has 6 amide bonds. The van der Waals surface area contributed by atoms with Crippen LogP contribution in [0.15, 0.2) is 42.1 Å². The van der Waals surface area contributed by atoms with E-state index >= 15 is 0 Å². The summed E-state index contributed by atoms with van der Waals surface area (Å²) in [5.41, 5.74) is 1.74. The van der Waals surface area contributed by atoms with Gasteiger partial charge in [0.05, 0.1) is 29.8 Å². The van der Waals surface area contributed by atoms with E-state index in [1.165, 1.54) is 21.9 Å². The molecule has 2 heterocycles. The van der Waals surface area contributed by atoms with E-state index in [1.54, 1.807) is 28.9 Å². The highest BCUT2D eigenvalue weighted by Gasteiger charge is 2.49. The molecule has 1 aromatic carbocycles. The van der Waals surface area contributed by atoms with Crippen LogP contribution < -0.4 is 10.6 Å². The normalized spacial score (nSPS) is 22.6. The molecule has 1 aromatic rings. The van der Waals surface area contributed by atoms with Crippen molar-refractivity contribution in [2.75, 3.05) is 31.6 Å². The average molecular weight is 566 g/mol. The van der Waals surface area contributed by atoms with Crippen LogP contribution in [0.1, 0.15) is 32.3 Å². The third kappa shape index (κ3) is 5.64. The lowest BCUT2D eigenvalue weighted by atomic mass is 9.92. The van der Waals surface area contributed by atoms with Crippen molar-refractivity contribution in [2.45, 2.75) is 38.8 Å². The Kier molecular flexibility index (Phi) is 7.74. The van der Waals surface area contributed by atoms with E-state index in [0.29, 0.717) is 35.1 Å². The van der Waals surface area contributed by atoms with E-state index in [2.05, 4.69) is 10.6 Å². The number of urea groups is 2. The molecule has 0 spiro atoms. The molecule has 1 saturated carbocycles. The number of halogens is 1. The first-order chi connectivity index (χ1) is 19.2. The quantitative estimate of drug-likeness (QED) is 0.509. The van der Waals surface area contributed by atoms with Gasteiger partial charge in [-0.2, -0.15) is 19.5 Å². The Balaban J connectivity index is 1.25. The zero-order chi connectivity index (χ0) is 28.6. The number of anilines is 1. The summed E-state index contributed by atoms with van der Waals surface area (Å²) in [5, 5.41) is 14.8. The van der Waals surface area contributed by atoms with E-state index in [1.807, 2.05) is 19.9 Å². The van der Waals surface area contributed by atoms with Crippen LogP contribution in [0.3, 0.4) is 0 Å². The lowest BCUT2D eigenvalue weighted by Gasteiger charge is -2.33. The maximum absolute atomic E-state index is 13.3. The van der Waals surface area contributed by atoms with Crippen LogP contribution in [-0.2, 0) is 14.3 Å². The van der Waals surface area contributed by atoms with Crippen molar-refractivity contribution < 1.29 is 28.5 Å². The summed E-state index contributed by atoms with van der Waals surface area (Å²) in [5.74, 6) is -1.06. The SMILES string of the molecule is CC(C)[N+]1=C2C=CC(NC(=O)N3CCO[C@@H](C(=O)Nc4ccc(C#N)c(Cl)c4)C3)=CC2C(=O)N(CC2CC2)C1=O. The summed E-state index contributed by atoms with van der Waals surface area (Å²) in [6.07, 6.45) is 6.17.